The fourth-order valence-corrected chi connectivity index (χ4v) is 5.32. The number of benzene rings is 1. The van der Waals surface area contributed by atoms with E-state index in [9.17, 15) is 0 Å². The molecule has 4 rings (SSSR count). The number of halogens is 2. The molecule has 0 radical (unpaired) electrons. The van der Waals surface area contributed by atoms with Crippen molar-refractivity contribution in [2.75, 3.05) is 12.4 Å². The van der Waals surface area contributed by atoms with Crippen LogP contribution < -0.4 is 10.1 Å². The quantitative estimate of drug-likeness (QED) is 0.342. The summed E-state index contributed by atoms with van der Waals surface area (Å²) in [6.45, 7) is 2.63. The molecule has 0 aliphatic heterocycles. The molecule has 32 heavy (non-hydrogen) atoms. The highest BCUT2D eigenvalue weighted by Crippen LogP contribution is 2.40. The number of nitrogens with zero attached hydrogens (tertiary/aromatic N) is 2. The Labute approximate surface area is 200 Å². The van der Waals surface area contributed by atoms with E-state index in [1.807, 2.05) is 25.1 Å². The van der Waals surface area contributed by atoms with Gasteiger partial charge >= 0.3 is 6.16 Å². The standard InChI is InChI=1S/C21H23Cl2N3OS.CH2O3/c1-12-18(23)17-20(24-11-13-8-9-16(27-2)15(22)10-13)25-19(26-21(17)28-12)14-6-4-3-5-7-14;2-1(3)4/h8-10,14H,3-7,11H2,1-2H3,(H,24,25,26);(H2,2,3,4). The van der Waals surface area contributed by atoms with E-state index in [0.717, 1.165) is 50.2 Å². The van der Waals surface area contributed by atoms with Gasteiger partial charge in [0, 0.05) is 17.3 Å². The van der Waals surface area contributed by atoms with Crippen molar-refractivity contribution in [1.82, 2.24) is 9.97 Å². The van der Waals surface area contributed by atoms with E-state index < -0.39 is 6.16 Å². The Bertz CT molecular complexity index is 1100. The van der Waals surface area contributed by atoms with Gasteiger partial charge in [-0.25, -0.2) is 14.8 Å². The number of carbonyl (C=O) groups is 1. The fourth-order valence-electron chi connectivity index (χ4n) is 3.77. The van der Waals surface area contributed by atoms with Crippen LogP contribution in [0.4, 0.5) is 10.6 Å². The van der Waals surface area contributed by atoms with E-state index in [1.54, 1.807) is 18.4 Å². The number of carboxylic acid groups (broad SMARTS) is 2. The zero-order valence-corrected chi connectivity index (χ0v) is 20.1. The van der Waals surface area contributed by atoms with Crippen LogP contribution >= 0.6 is 34.5 Å². The van der Waals surface area contributed by atoms with E-state index in [4.69, 9.17) is 52.9 Å². The van der Waals surface area contributed by atoms with Gasteiger partial charge in [0.15, 0.2) is 0 Å². The van der Waals surface area contributed by atoms with Crippen molar-refractivity contribution < 1.29 is 19.7 Å². The van der Waals surface area contributed by atoms with Crippen LogP contribution in [0.2, 0.25) is 10.0 Å². The highest BCUT2D eigenvalue weighted by Gasteiger charge is 2.22. The lowest BCUT2D eigenvalue weighted by Gasteiger charge is -2.21. The number of aryl methyl sites for hydroxylation is 1. The number of thiophene rings is 1. The van der Waals surface area contributed by atoms with Gasteiger partial charge in [0.2, 0.25) is 0 Å². The lowest BCUT2D eigenvalue weighted by Crippen LogP contribution is -2.11. The van der Waals surface area contributed by atoms with E-state index in [1.165, 1.54) is 19.3 Å². The number of ether oxygens (including phenoxy) is 1. The number of aromatic nitrogens is 2. The first-order valence-electron chi connectivity index (χ1n) is 10.2. The first-order chi connectivity index (χ1) is 15.3. The molecule has 3 N–H and O–H groups in total. The minimum absolute atomic E-state index is 0.440. The summed E-state index contributed by atoms with van der Waals surface area (Å²) in [7, 11) is 1.62. The molecule has 0 atom stereocenters. The van der Waals surface area contributed by atoms with Crippen LogP contribution in [0.15, 0.2) is 18.2 Å². The summed E-state index contributed by atoms with van der Waals surface area (Å²) in [5, 5.41) is 19.7. The number of rotatable bonds is 5. The van der Waals surface area contributed by atoms with E-state index in [2.05, 4.69) is 5.32 Å². The molecule has 1 aliphatic rings. The lowest BCUT2D eigenvalue weighted by atomic mass is 9.88. The molecule has 1 saturated carbocycles. The molecule has 2 heterocycles. The summed E-state index contributed by atoms with van der Waals surface area (Å²) in [5.41, 5.74) is 1.06. The van der Waals surface area contributed by atoms with E-state index in [0.29, 0.717) is 23.2 Å². The summed E-state index contributed by atoms with van der Waals surface area (Å²) in [5.74, 6) is 2.87. The minimum Gasteiger partial charge on any atom is -0.495 e. The highest BCUT2D eigenvalue weighted by molar-refractivity contribution is 7.19. The zero-order valence-electron chi connectivity index (χ0n) is 17.8. The molecule has 7 nitrogen and oxygen atoms in total. The average molecular weight is 498 g/mol. The molecule has 0 saturated heterocycles. The molecule has 172 valence electrons. The molecule has 1 aliphatic carbocycles. The lowest BCUT2D eigenvalue weighted by molar-refractivity contribution is 0.137. The van der Waals surface area contributed by atoms with Gasteiger partial charge in [-0.3, -0.25) is 0 Å². The maximum absolute atomic E-state index is 8.56. The summed E-state index contributed by atoms with van der Waals surface area (Å²) < 4.78 is 5.23. The third-order valence-electron chi connectivity index (χ3n) is 5.32. The maximum atomic E-state index is 8.56. The molecule has 0 amide bonds. The van der Waals surface area contributed by atoms with Crippen molar-refractivity contribution in [2.45, 2.75) is 51.5 Å². The van der Waals surface area contributed by atoms with Gasteiger partial charge in [-0.05, 0) is 37.5 Å². The van der Waals surface area contributed by atoms with Crippen LogP contribution in [-0.2, 0) is 6.54 Å². The Morgan fingerprint density at radius 1 is 1.22 bits per heavy atom. The van der Waals surface area contributed by atoms with Gasteiger partial charge in [-0.1, -0.05) is 48.5 Å². The first-order valence-corrected chi connectivity index (χ1v) is 11.8. The second kappa shape index (κ2) is 11.0. The Balaban J connectivity index is 0.000000668. The average Bonchev–Trinajstić information content (AvgIpc) is 3.06. The monoisotopic (exact) mass is 497 g/mol. The molecular weight excluding hydrogens is 473 g/mol. The Morgan fingerprint density at radius 2 is 1.91 bits per heavy atom. The Kier molecular flexibility index (Phi) is 8.39. The molecule has 1 fully saturated rings. The Hall–Kier alpha value is -2.29. The van der Waals surface area contributed by atoms with Gasteiger partial charge in [0.25, 0.3) is 0 Å². The largest absolute Gasteiger partial charge is 0.503 e. The summed E-state index contributed by atoms with van der Waals surface area (Å²) in [6.07, 6.45) is 4.31. The topological polar surface area (TPSA) is 105 Å². The minimum atomic E-state index is -1.83. The van der Waals surface area contributed by atoms with Crippen LogP contribution in [0.3, 0.4) is 0 Å². The first kappa shape index (κ1) is 24.4. The predicted molar refractivity (Wildman–Crippen MR) is 129 cm³/mol. The SMILES string of the molecule is COc1ccc(CNc2nc(C3CCCCC3)nc3sc(C)c(Cl)c23)cc1Cl.O=C(O)O. The number of anilines is 1. The number of fused-ring (bicyclic) bond motifs is 1. The van der Waals surface area contributed by atoms with Gasteiger partial charge in [-0.2, -0.15) is 0 Å². The highest BCUT2D eigenvalue weighted by atomic mass is 35.5. The summed E-state index contributed by atoms with van der Waals surface area (Å²) in [6, 6.07) is 5.79. The molecule has 0 spiro atoms. The van der Waals surface area contributed by atoms with Gasteiger partial charge in [0.1, 0.15) is 22.2 Å². The molecule has 3 aromatic rings. The van der Waals surface area contributed by atoms with Crippen molar-refractivity contribution in [1.29, 1.82) is 0 Å². The van der Waals surface area contributed by atoms with Gasteiger partial charge in [-0.15, -0.1) is 11.3 Å². The molecular formula is C22H25Cl2N3O4S. The normalized spacial score (nSPS) is 14.0. The molecule has 10 heteroatoms. The molecule has 0 unspecified atom stereocenters. The fraction of sp³-hybridized carbons (Fsp3) is 0.409. The van der Waals surface area contributed by atoms with Gasteiger partial charge < -0.3 is 20.3 Å². The summed E-state index contributed by atoms with van der Waals surface area (Å²) >= 11 is 14.5. The van der Waals surface area contributed by atoms with Crippen molar-refractivity contribution in [3.05, 3.63) is 44.5 Å². The number of hydrogen-bond acceptors (Lipinski definition) is 6. The molecule has 0 bridgehead atoms. The van der Waals surface area contributed by atoms with Crippen molar-refractivity contribution in [3.63, 3.8) is 0 Å². The number of methoxy groups -OCH3 is 1. The van der Waals surface area contributed by atoms with E-state index in [-0.39, 0.29) is 0 Å². The maximum Gasteiger partial charge on any atom is 0.503 e. The second-order valence-electron chi connectivity index (χ2n) is 7.52. The van der Waals surface area contributed by atoms with Crippen LogP contribution in [0.1, 0.15) is 54.3 Å². The van der Waals surface area contributed by atoms with Crippen LogP contribution in [0.25, 0.3) is 10.2 Å². The van der Waals surface area contributed by atoms with Crippen LogP contribution in [0.5, 0.6) is 5.75 Å². The third kappa shape index (κ3) is 5.94. The molecule has 1 aromatic carbocycles. The smallest absolute Gasteiger partial charge is 0.495 e. The number of hydrogen-bond donors (Lipinski definition) is 3. The van der Waals surface area contributed by atoms with Crippen LogP contribution in [-0.4, -0.2) is 33.4 Å². The zero-order chi connectivity index (χ0) is 23.3. The van der Waals surface area contributed by atoms with Crippen LogP contribution in [0, 0.1) is 6.92 Å². The molecule has 2 aromatic heterocycles. The number of nitrogens with one attached hydrogen (secondary N) is 1. The summed E-state index contributed by atoms with van der Waals surface area (Å²) in [4.78, 5) is 20.4. The third-order valence-corrected chi connectivity index (χ3v) is 7.20. The van der Waals surface area contributed by atoms with E-state index >= 15 is 0 Å². The van der Waals surface area contributed by atoms with Crippen molar-refractivity contribution >= 4 is 56.7 Å². The Morgan fingerprint density at radius 3 is 2.53 bits per heavy atom. The second-order valence-corrected chi connectivity index (χ2v) is 9.51. The predicted octanol–water partition coefficient (Wildman–Crippen LogP) is 7.20. The van der Waals surface area contributed by atoms with Crippen molar-refractivity contribution in [2.24, 2.45) is 0 Å². The van der Waals surface area contributed by atoms with Crippen molar-refractivity contribution in [3.8, 4) is 5.75 Å². The van der Waals surface area contributed by atoms with Gasteiger partial charge in [0.05, 0.1) is 22.5 Å².